The Balaban J connectivity index is 1.42. The fraction of sp³-hybridized carbons (Fsp3) is 0.250. The summed E-state index contributed by atoms with van der Waals surface area (Å²) in [6, 6.07) is 18.9. The van der Waals surface area contributed by atoms with Crippen molar-refractivity contribution in [1.82, 2.24) is 9.55 Å². The maximum atomic E-state index is 11.9. The highest BCUT2D eigenvalue weighted by molar-refractivity contribution is 5.91. The van der Waals surface area contributed by atoms with E-state index in [2.05, 4.69) is 17.1 Å². The molecule has 35 heavy (non-hydrogen) atoms. The monoisotopic (exact) mass is 467 g/mol. The molecule has 1 fully saturated rings. The number of hydrogen-bond acceptors (Lipinski definition) is 5. The van der Waals surface area contributed by atoms with E-state index >= 15 is 0 Å². The maximum Gasteiger partial charge on any atom is 0.328 e. The van der Waals surface area contributed by atoms with Crippen LogP contribution in [0.25, 0.3) is 10.8 Å². The van der Waals surface area contributed by atoms with E-state index in [4.69, 9.17) is 9.47 Å². The highest BCUT2D eigenvalue weighted by Gasteiger charge is 2.24. The van der Waals surface area contributed by atoms with Crippen LogP contribution in [-0.4, -0.2) is 16.2 Å². The minimum atomic E-state index is -0.475. The number of nitrogens with one attached hydrogen (secondary N) is 1. The van der Waals surface area contributed by atoms with Crippen molar-refractivity contribution in [2.75, 3.05) is 6.61 Å². The van der Waals surface area contributed by atoms with Gasteiger partial charge in [0.15, 0.2) is 11.5 Å². The maximum absolute atomic E-state index is 11.9. The van der Waals surface area contributed by atoms with Gasteiger partial charge in [-0.3, -0.25) is 14.3 Å². The van der Waals surface area contributed by atoms with Crippen LogP contribution in [0.15, 0.2) is 70.4 Å². The van der Waals surface area contributed by atoms with Crippen LogP contribution in [0.2, 0.25) is 0 Å². The van der Waals surface area contributed by atoms with Crippen LogP contribution in [0.1, 0.15) is 29.5 Å². The molecule has 7 nitrogen and oxygen atoms in total. The lowest BCUT2D eigenvalue weighted by Crippen LogP contribution is -2.30. The third-order valence-electron chi connectivity index (χ3n) is 6.33. The van der Waals surface area contributed by atoms with E-state index in [1.54, 1.807) is 0 Å². The molecular weight excluding hydrogens is 442 g/mol. The summed E-state index contributed by atoms with van der Waals surface area (Å²) in [5, 5.41) is 11.6. The molecule has 0 saturated heterocycles. The molecule has 1 aromatic heterocycles. The van der Waals surface area contributed by atoms with Crippen molar-refractivity contribution in [3.05, 3.63) is 98.3 Å². The van der Waals surface area contributed by atoms with Gasteiger partial charge in [-0.05, 0) is 84.3 Å². The Labute approximate surface area is 202 Å². The molecule has 0 aliphatic heterocycles. The van der Waals surface area contributed by atoms with E-state index in [1.807, 2.05) is 49.4 Å². The first-order valence-corrected chi connectivity index (χ1v) is 11.7. The second-order valence-corrected chi connectivity index (χ2v) is 8.88. The van der Waals surface area contributed by atoms with E-state index in [-0.39, 0.29) is 13.2 Å². The van der Waals surface area contributed by atoms with Gasteiger partial charge in [0.2, 0.25) is 0 Å². The van der Waals surface area contributed by atoms with Gasteiger partial charge in [0.1, 0.15) is 12.4 Å². The molecule has 4 aromatic rings. The molecule has 1 saturated carbocycles. The number of nitrogens with zero attached hydrogens (tertiary/aromatic N) is 2. The predicted octanol–water partition coefficient (Wildman–Crippen LogP) is 4.69. The molecule has 0 atom stereocenters. The van der Waals surface area contributed by atoms with Gasteiger partial charge < -0.3 is 9.47 Å². The Morgan fingerprint density at radius 2 is 1.83 bits per heavy atom. The van der Waals surface area contributed by atoms with Gasteiger partial charge in [-0.15, -0.1) is 0 Å². The van der Waals surface area contributed by atoms with Gasteiger partial charge in [0, 0.05) is 12.3 Å². The number of fused-ring (bicyclic) bond motifs is 1. The first kappa shape index (κ1) is 22.5. The molecule has 0 unspecified atom stereocenters. The smallest absolute Gasteiger partial charge is 0.328 e. The van der Waals surface area contributed by atoms with Crippen molar-refractivity contribution in [1.29, 1.82) is 5.26 Å². The first-order valence-electron chi connectivity index (χ1n) is 11.7. The van der Waals surface area contributed by atoms with Gasteiger partial charge in [-0.2, -0.15) is 5.26 Å². The molecule has 7 heteroatoms. The van der Waals surface area contributed by atoms with Crippen molar-refractivity contribution < 1.29 is 9.47 Å². The molecular formula is C28H25N3O4. The topological polar surface area (TPSA) is 97.1 Å². The summed E-state index contributed by atoms with van der Waals surface area (Å²) >= 11 is 0. The molecule has 1 aliphatic rings. The molecule has 1 aliphatic carbocycles. The molecule has 176 valence electrons. The Hall–Kier alpha value is -4.31. The van der Waals surface area contributed by atoms with Crippen LogP contribution in [0.5, 0.6) is 17.2 Å². The second-order valence-electron chi connectivity index (χ2n) is 8.88. The zero-order valence-electron chi connectivity index (χ0n) is 19.4. The summed E-state index contributed by atoms with van der Waals surface area (Å²) < 4.78 is 13.7. The number of aromatic amines is 1. The number of hydrogen-bond donors (Lipinski definition) is 1. The number of H-pyrrole nitrogens is 1. The van der Waals surface area contributed by atoms with E-state index in [9.17, 15) is 14.9 Å². The second kappa shape index (κ2) is 9.51. The van der Waals surface area contributed by atoms with Crippen LogP contribution in [0, 0.1) is 24.2 Å². The highest BCUT2D eigenvalue weighted by atomic mass is 16.5. The van der Waals surface area contributed by atoms with Gasteiger partial charge in [0.05, 0.1) is 18.2 Å². The Morgan fingerprint density at radius 1 is 1.03 bits per heavy atom. The third-order valence-corrected chi connectivity index (χ3v) is 6.33. The normalized spacial score (nSPS) is 12.9. The first-order chi connectivity index (χ1) is 17.0. The molecule has 1 N–H and O–H groups in total. The van der Waals surface area contributed by atoms with Crippen molar-refractivity contribution in [3.8, 4) is 23.3 Å². The third kappa shape index (κ3) is 4.97. The number of aryl methyl sites for hydroxylation is 1. The van der Waals surface area contributed by atoms with Gasteiger partial charge in [-0.1, -0.05) is 18.2 Å². The Morgan fingerprint density at radius 3 is 2.57 bits per heavy atom. The minimum absolute atomic E-state index is 0.224. The summed E-state index contributed by atoms with van der Waals surface area (Å²) in [7, 11) is 0. The summed E-state index contributed by atoms with van der Waals surface area (Å²) in [5.41, 5.74) is 1.91. The van der Waals surface area contributed by atoms with Crippen LogP contribution < -0.4 is 20.7 Å². The number of para-hydroxylation sites is 2. The summed E-state index contributed by atoms with van der Waals surface area (Å²) in [6.45, 7) is 2.51. The standard InChI is InChI=1S/C28H25N3O4/c1-18-23-15-20(17-29)8-9-22(23)21(14-19-6-7-19)16-26(18)35-25-5-3-2-4-24(25)34-13-12-31-11-10-27(32)30-28(31)33/h2-5,8-11,15-16,19H,6-7,12-14H2,1H3,(H,30,32,33). The van der Waals surface area contributed by atoms with Gasteiger partial charge >= 0.3 is 5.69 Å². The van der Waals surface area contributed by atoms with Crippen LogP contribution >= 0.6 is 0 Å². The lowest BCUT2D eigenvalue weighted by Gasteiger charge is -2.17. The van der Waals surface area contributed by atoms with Crippen LogP contribution in [-0.2, 0) is 13.0 Å². The minimum Gasteiger partial charge on any atom is -0.488 e. The van der Waals surface area contributed by atoms with E-state index in [1.165, 1.54) is 35.2 Å². The average molecular weight is 468 g/mol. The zero-order chi connectivity index (χ0) is 24.4. The molecule has 5 rings (SSSR count). The lowest BCUT2D eigenvalue weighted by molar-refractivity contribution is 0.283. The summed E-state index contributed by atoms with van der Waals surface area (Å²) in [6.07, 6.45) is 4.93. The Kier molecular flexibility index (Phi) is 6.11. The number of benzene rings is 3. The molecule has 3 aromatic carbocycles. The van der Waals surface area contributed by atoms with Gasteiger partial charge in [0.25, 0.3) is 5.56 Å². The fourth-order valence-electron chi connectivity index (χ4n) is 4.24. The average Bonchev–Trinajstić information content (AvgIpc) is 3.68. The van der Waals surface area contributed by atoms with Crippen LogP contribution in [0.3, 0.4) is 0 Å². The van der Waals surface area contributed by atoms with E-state index in [0.717, 1.165) is 28.5 Å². The number of ether oxygens (including phenoxy) is 2. The van der Waals surface area contributed by atoms with Crippen molar-refractivity contribution in [2.45, 2.75) is 32.7 Å². The van der Waals surface area contributed by atoms with Crippen molar-refractivity contribution in [2.24, 2.45) is 5.92 Å². The van der Waals surface area contributed by atoms with Crippen LogP contribution in [0.4, 0.5) is 0 Å². The van der Waals surface area contributed by atoms with E-state index < -0.39 is 11.2 Å². The number of rotatable bonds is 8. The van der Waals surface area contributed by atoms with E-state index in [0.29, 0.717) is 23.0 Å². The van der Waals surface area contributed by atoms with Crippen molar-refractivity contribution in [3.63, 3.8) is 0 Å². The fourth-order valence-corrected chi connectivity index (χ4v) is 4.24. The Bertz CT molecular complexity index is 1560. The summed E-state index contributed by atoms with van der Waals surface area (Å²) in [5.74, 6) is 2.56. The lowest BCUT2D eigenvalue weighted by atomic mass is 9.95. The number of aromatic nitrogens is 2. The molecule has 1 heterocycles. The van der Waals surface area contributed by atoms with Crippen molar-refractivity contribution >= 4 is 10.8 Å². The summed E-state index contributed by atoms with van der Waals surface area (Å²) in [4.78, 5) is 25.4. The SMILES string of the molecule is Cc1c(Oc2ccccc2OCCn2ccc(=O)[nH]c2=O)cc(CC2CC2)c2ccc(C#N)cc12. The largest absolute Gasteiger partial charge is 0.488 e. The number of nitriles is 1. The van der Waals surface area contributed by atoms with Gasteiger partial charge in [-0.25, -0.2) is 4.79 Å². The highest BCUT2D eigenvalue weighted by Crippen LogP contribution is 2.40. The molecule has 0 amide bonds. The zero-order valence-corrected chi connectivity index (χ0v) is 19.4. The predicted molar refractivity (Wildman–Crippen MR) is 133 cm³/mol. The molecule has 0 bridgehead atoms. The molecule has 0 radical (unpaired) electrons. The quantitative estimate of drug-likeness (QED) is 0.405. The molecule has 0 spiro atoms.